The molecule has 2 N–H and O–H groups in total. The summed E-state index contributed by atoms with van der Waals surface area (Å²) in [5, 5.41) is 11.8. The fraction of sp³-hybridized carbons (Fsp3) is 0.750. The SMILES string of the molecule is CC(C)(C)C(CCNC(=O)N1CC=CCC1)CCC(=O)O. The van der Waals surface area contributed by atoms with Crippen LogP contribution in [0, 0.1) is 11.3 Å². The van der Waals surface area contributed by atoms with Crippen molar-refractivity contribution in [3.8, 4) is 0 Å². The highest BCUT2D eigenvalue weighted by Gasteiger charge is 2.25. The first-order chi connectivity index (χ1) is 9.80. The maximum absolute atomic E-state index is 12.0. The zero-order chi connectivity index (χ0) is 15.9. The van der Waals surface area contributed by atoms with Gasteiger partial charge in [0.05, 0.1) is 0 Å². The van der Waals surface area contributed by atoms with E-state index in [-0.39, 0.29) is 23.8 Å². The Hall–Kier alpha value is -1.52. The van der Waals surface area contributed by atoms with Gasteiger partial charge in [0.2, 0.25) is 0 Å². The number of amides is 2. The van der Waals surface area contributed by atoms with Crippen LogP contribution in [-0.4, -0.2) is 41.6 Å². The molecule has 21 heavy (non-hydrogen) atoms. The number of nitrogens with one attached hydrogen (secondary N) is 1. The molecule has 0 spiro atoms. The summed E-state index contributed by atoms with van der Waals surface area (Å²) in [4.78, 5) is 24.5. The molecule has 1 atom stereocenters. The molecule has 5 nitrogen and oxygen atoms in total. The van der Waals surface area contributed by atoms with E-state index < -0.39 is 5.97 Å². The lowest BCUT2D eigenvalue weighted by atomic mass is 9.76. The van der Waals surface area contributed by atoms with E-state index >= 15 is 0 Å². The van der Waals surface area contributed by atoms with Gasteiger partial charge >= 0.3 is 12.0 Å². The minimum atomic E-state index is -0.756. The van der Waals surface area contributed by atoms with Crippen LogP contribution in [0.1, 0.15) is 46.5 Å². The van der Waals surface area contributed by atoms with Gasteiger partial charge < -0.3 is 15.3 Å². The molecule has 0 bridgehead atoms. The van der Waals surface area contributed by atoms with E-state index in [4.69, 9.17) is 5.11 Å². The summed E-state index contributed by atoms with van der Waals surface area (Å²) in [6.45, 7) is 8.41. The summed E-state index contributed by atoms with van der Waals surface area (Å²) in [6.07, 6.45) is 6.66. The molecule has 0 fully saturated rings. The Labute approximate surface area is 127 Å². The highest BCUT2D eigenvalue weighted by Crippen LogP contribution is 2.32. The standard InChI is InChI=1S/C16H28N2O3/c1-16(2,3)13(7-8-14(19)20)9-10-17-15(21)18-11-5-4-6-12-18/h4-5,13H,6-12H2,1-3H3,(H,17,21)(H,19,20). The van der Waals surface area contributed by atoms with Crippen LogP contribution in [-0.2, 0) is 4.79 Å². The van der Waals surface area contributed by atoms with Gasteiger partial charge in [0, 0.05) is 26.1 Å². The third-order valence-electron chi connectivity index (χ3n) is 4.05. The molecule has 0 aromatic carbocycles. The largest absolute Gasteiger partial charge is 0.481 e. The predicted molar refractivity (Wildman–Crippen MR) is 83.2 cm³/mol. The fourth-order valence-electron chi connectivity index (χ4n) is 2.60. The number of carboxylic acids is 1. The normalized spacial score (nSPS) is 16.6. The molecule has 0 aromatic rings. The van der Waals surface area contributed by atoms with Crippen LogP contribution >= 0.6 is 0 Å². The molecular formula is C16H28N2O3. The second kappa shape index (κ2) is 8.05. The minimum Gasteiger partial charge on any atom is -0.481 e. The maximum Gasteiger partial charge on any atom is 0.317 e. The summed E-state index contributed by atoms with van der Waals surface area (Å²) in [6, 6.07) is -0.0229. The molecule has 1 rings (SSSR count). The van der Waals surface area contributed by atoms with Crippen LogP contribution in [0.25, 0.3) is 0 Å². The number of carboxylic acid groups (broad SMARTS) is 1. The van der Waals surface area contributed by atoms with Crippen LogP contribution in [0.3, 0.4) is 0 Å². The number of carbonyl (C=O) groups excluding carboxylic acids is 1. The molecule has 1 unspecified atom stereocenters. The Morgan fingerprint density at radius 2 is 2.00 bits per heavy atom. The quantitative estimate of drug-likeness (QED) is 0.740. The molecule has 0 aliphatic carbocycles. The van der Waals surface area contributed by atoms with E-state index in [9.17, 15) is 9.59 Å². The minimum absolute atomic E-state index is 0.0229. The van der Waals surface area contributed by atoms with Crippen molar-refractivity contribution >= 4 is 12.0 Å². The van der Waals surface area contributed by atoms with E-state index in [1.165, 1.54) is 0 Å². The van der Waals surface area contributed by atoms with E-state index in [2.05, 4.69) is 32.2 Å². The predicted octanol–water partition coefficient (Wildman–Crippen LogP) is 2.88. The van der Waals surface area contributed by atoms with Crippen molar-refractivity contribution in [2.45, 2.75) is 46.5 Å². The number of urea groups is 1. The third kappa shape index (κ3) is 6.65. The zero-order valence-electron chi connectivity index (χ0n) is 13.4. The van der Waals surface area contributed by atoms with E-state index in [1.54, 1.807) is 4.90 Å². The van der Waals surface area contributed by atoms with Crippen LogP contribution in [0.15, 0.2) is 12.2 Å². The van der Waals surface area contributed by atoms with Gasteiger partial charge in [-0.1, -0.05) is 32.9 Å². The van der Waals surface area contributed by atoms with Gasteiger partial charge in [0.25, 0.3) is 0 Å². The van der Waals surface area contributed by atoms with E-state index in [1.807, 2.05) is 6.08 Å². The molecule has 0 saturated carbocycles. The number of hydrogen-bond acceptors (Lipinski definition) is 2. The third-order valence-corrected chi connectivity index (χ3v) is 4.05. The Morgan fingerprint density at radius 1 is 1.29 bits per heavy atom. The van der Waals surface area contributed by atoms with E-state index in [0.717, 1.165) is 19.4 Å². The lowest BCUT2D eigenvalue weighted by molar-refractivity contribution is -0.137. The molecule has 1 aliphatic heterocycles. The number of rotatable bonds is 6. The summed E-state index contributed by atoms with van der Waals surface area (Å²) < 4.78 is 0. The van der Waals surface area contributed by atoms with Crippen molar-refractivity contribution in [2.24, 2.45) is 11.3 Å². The molecule has 120 valence electrons. The summed E-state index contributed by atoms with van der Waals surface area (Å²) in [5.41, 5.74) is 0.0496. The average molecular weight is 296 g/mol. The Kier molecular flexibility index (Phi) is 6.72. The molecule has 0 radical (unpaired) electrons. The molecule has 1 aliphatic rings. The lowest BCUT2D eigenvalue weighted by Gasteiger charge is -2.31. The van der Waals surface area contributed by atoms with Gasteiger partial charge in [-0.2, -0.15) is 0 Å². The molecule has 5 heteroatoms. The summed E-state index contributed by atoms with van der Waals surface area (Å²) in [7, 11) is 0. The summed E-state index contributed by atoms with van der Waals surface area (Å²) in [5.74, 6) is -0.469. The topological polar surface area (TPSA) is 69.6 Å². The first kappa shape index (κ1) is 17.5. The van der Waals surface area contributed by atoms with Crippen molar-refractivity contribution in [3.05, 3.63) is 12.2 Å². The molecular weight excluding hydrogens is 268 g/mol. The van der Waals surface area contributed by atoms with Crippen LogP contribution < -0.4 is 5.32 Å². The van der Waals surface area contributed by atoms with Crippen molar-refractivity contribution in [1.29, 1.82) is 0 Å². The first-order valence-corrected chi connectivity index (χ1v) is 7.70. The highest BCUT2D eigenvalue weighted by atomic mass is 16.4. The first-order valence-electron chi connectivity index (χ1n) is 7.70. The molecule has 0 aromatic heterocycles. The van der Waals surface area contributed by atoms with Gasteiger partial charge in [-0.25, -0.2) is 4.79 Å². The molecule has 2 amide bonds. The fourth-order valence-corrected chi connectivity index (χ4v) is 2.60. The zero-order valence-corrected chi connectivity index (χ0v) is 13.4. The van der Waals surface area contributed by atoms with E-state index in [0.29, 0.717) is 19.5 Å². The Morgan fingerprint density at radius 3 is 2.52 bits per heavy atom. The molecule has 0 saturated heterocycles. The average Bonchev–Trinajstić information content (AvgIpc) is 2.41. The van der Waals surface area contributed by atoms with Gasteiger partial charge in [-0.3, -0.25) is 4.79 Å². The van der Waals surface area contributed by atoms with Crippen LogP contribution in [0.5, 0.6) is 0 Å². The smallest absolute Gasteiger partial charge is 0.317 e. The number of hydrogen-bond donors (Lipinski definition) is 2. The van der Waals surface area contributed by atoms with Crippen molar-refractivity contribution in [2.75, 3.05) is 19.6 Å². The summed E-state index contributed by atoms with van der Waals surface area (Å²) >= 11 is 0. The van der Waals surface area contributed by atoms with Gasteiger partial charge in [-0.05, 0) is 30.6 Å². The van der Waals surface area contributed by atoms with Gasteiger partial charge in [-0.15, -0.1) is 0 Å². The van der Waals surface area contributed by atoms with Gasteiger partial charge in [0.15, 0.2) is 0 Å². The number of carbonyl (C=O) groups is 2. The number of nitrogens with zero attached hydrogens (tertiary/aromatic N) is 1. The second-order valence-electron chi connectivity index (χ2n) is 6.72. The highest BCUT2D eigenvalue weighted by molar-refractivity contribution is 5.74. The number of aliphatic carboxylic acids is 1. The van der Waals surface area contributed by atoms with Crippen LogP contribution in [0.2, 0.25) is 0 Å². The Balaban J connectivity index is 2.36. The van der Waals surface area contributed by atoms with Crippen molar-refractivity contribution in [1.82, 2.24) is 10.2 Å². The van der Waals surface area contributed by atoms with Crippen molar-refractivity contribution < 1.29 is 14.7 Å². The maximum atomic E-state index is 12.0. The monoisotopic (exact) mass is 296 g/mol. The molecule has 1 heterocycles. The Bertz CT molecular complexity index is 385. The lowest BCUT2D eigenvalue weighted by Crippen LogP contribution is -2.42. The second-order valence-corrected chi connectivity index (χ2v) is 6.72. The van der Waals surface area contributed by atoms with Crippen molar-refractivity contribution in [3.63, 3.8) is 0 Å². The van der Waals surface area contributed by atoms with Crippen LogP contribution in [0.4, 0.5) is 4.79 Å². The van der Waals surface area contributed by atoms with Gasteiger partial charge in [0.1, 0.15) is 0 Å².